The average Bonchev–Trinajstić information content (AvgIpc) is 3.09. The molecule has 0 aliphatic heterocycles. The van der Waals surface area contributed by atoms with Crippen LogP contribution in [0.1, 0.15) is 37.8 Å². The predicted octanol–water partition coefficient (Wildman–Crippen LogP) is 3.08. The van der Waals surface area contributed by atoms with Gasteiger partial charge in [0, 0.05) is 24.8 Å². The minimum absolute atomic E-state index is 0.544. The monoisotopic (exact) mass is 232 g/mol. The van der Waals surface area contributed by atoms with Crippen LogP contribution in [0.15, 0.2) is 18.2 Å². The average molecular weight is 232 g/mol. The first-order valence-corrected chi connectivity index (χ1v) is 6.68. The topological polar surface area (TPSA) is 29.3 Å². The van der Waals surface area contributed by atoms with Crippen molar-refractivity contribution < 1.29 is 0 Å². The van der Waals surface area contributed by atoms with Crippen molar-refractivity contribution in [2.75, 3.05) is 11.4 Å². The molecule has 0 aromatic heterocycles. The molecule has 2 rings (SSSR count). The van der Waals surface area contributed by atoms with Crippen molar-refractivity contribution in [3.63, 3.8) is 0 Å². The van der Waals surface area contributed by atoms with Crippen molar-refractivity contribution in [1.82, 2.24) is 0 Å². The van der Waals surface area contributed by atoms with E-state index in [4.69, 9.17) is 5.73 Å². The van der Waals surface area contributed by atoms with Crippen LogP contribution in [-0.4, -0.2) is 12.6 Å². The maximum absolute atomic E-state index is 5.88. The SMILES string of the molecule is Cc1cccc(CN)c1N(CC1CC1)C(C)C. The highest BCUT2D eigenvalue weighted by molar-refractivity contribution is 5.60. The summed E-state index contributed by atoms with van der Waals surface area (Å²) in [6.07, 6.45) is 2.79. The number of aryl methyl sites for hydroxylation is 1. The van der Waals surface area contributed by atoms with Crippen molar-refractivity contribution in [2.45, 2.75) is 46.2 Å². The van der Waals surface area contributed by atoms with Gasteiger partial charge in [0.1, 0.15) is 0 Å². The second kappa shape index (κ2) is 5.09. The Bertz CT molecular complexity index is 381. The lowest BCUT2D eigenvalue weighted by Crippen LogP contribution is -2.34. The number of hydrogen-bond acceptors (Lipinski definition) is 2. The summed E-state index contributed by atoms with van der Waals surface area (Å²) in [5.74, 6) is 0.905. The highest BCUT2D eigenvalue weighted by atomic mass is 15.2. The van der Waals surface area contributed by atoms with Gasteiger partial charge in [-0.05, 0) is 50.7 Å². The third-order valence-corrected chi connectivity index (χ3v) is 3.60. The molecule has 1 aliphatic carbocycles. The number of hydrogen-bond donors (Lipinski definition) is 1. The smallest absolute Gasteiger partial charge is 0.0443 e. The first kappa shape index (κ1) is 12.4. The minimum atomic E-state index is 0.544. The predicted molar refractivity (Wildman–Crippen MR) is 74.3 cm³/mol. The minimum Gasteiger partial charge on any atom is -0.368 e. The Morgan fingerprint density at radius 2 is 2.06 bits per heavy atom. The van der Waals surface area contributed by atoms with E-state index in [1.54, 1.807) is 0 Å². The largest absolute Gasteiger partial charge is 0.368 e. The van der Waals surface area contributed by atoms with Crippen LogP contribution in [0, 0.1) is 12.8 Å². The van der Waals surface area contributed by atoms with Gasteiger partial charge in [-0.1, -0.05) is 18.2 Å². The first-order chi connectivity index (χ1) is 8.13. The van der Waals surface area contributed by atoms with E-state index in [1.807, 2.05) is 0 Å². The molecule has 0 atom stereocenters. The van der Waals surface area contributed by atoms with Crippen molar-refractivity contribution in [3.05, 3.63) is 29.3 Å². The molecule has 0 unspecified atom stereocenters. The van der Waals surface area contributed by atoms with Crippen LogP contribution in [-0.2, 0) is 6.54 Å². The fourth-order valence-corrected chi connectivity index (χ4v) is 2.43. The highest BCUT2D eigenvalue weighted by Gasteiger charge is 2.27. The van der Waals surface area contributed by atoms with Crippen LogP contribution in [0.4, 0.5) is 5.69 Å². The summed E-state index contributed by atoms with van der Waals surface area (Å²) < 4.78 is 0. The van der Waals surface area contributed by atoms with E-state index in [0.29, 0.717) is 12.6 Å². The van der Waals surface area contributed by atoms with Gasteiger partial charge in [-0.25, -0.2) is 0 Å². The summed E-state index contributed by atoms with van der Waals surface area (Å²) in [6.45, 7) is 8.56. The summed E-state index contributed by atoms with van der Waals surface area (Å²) in [5, 5.41) is 0. The molecular weight excluding hydrogens is 208 g/mol. The molecule has 2 N–H and O–H groups in total. The molecule has 2 nitrogen and oxygen atoms in total. The number of nitrogens with two attached hydrogens (primary N) is 1. The second-order valence-corrected chi connectivity index (χ2v) is 5.48. The van der Waals surface area contributed by atoms with E-state index in [0.717, 1.165) is 5.92 Å². The van der Waals surface area contributed by atoms with E-state index >= 15 is 0 Å². The van der Waals surface area contributed by atoms with Crippen molar-refractivity contribution in [2.24, 2.45) is 11.7 Å². The van der Waals surface area contributed by atoms with Gasteiger partial charge < -0.3 is 10.6 Å². The maximum atomic E-state index is 5.88. The summed E-state index contributed by atoms with van der Waals surface area (Å²) >= 11 is 0. The lowest BCUT2D eigenvalue weighted by Gasteiger charge is -2.32. The molecule has 0 heterocycles. The number of nitrogens with zero attached hydrogens (tertiary/aromatic N) is 1. The van der Waals surface area contributed by atoms with Crippen LogP contribution in [0.25, 0.3) is 0 Å². The Kier molecular flexibility index (Phi) is 3.72. The Balaban J connectivity index is 2.32. The van der Waals surface area contributed by atoms with E-state index in [2.05, 4.69) is 43.9 Å². The standard InChI is InChI=1S/C15H24N2/c1-11(2)17(10-13-7-8-13)15-12(3)5-4-6-14(15)9-16/h4-6,11,13H,7-10,16H2,1-3H3. The Labute approximate surface area is 105 Å². The van der Waals surface area contributed by atoms with Crippen molar-refractivity contribution in [1.29, 1.82) is 0 Å². The van der Waals surface area contributed by atoms with Gasteiger partial charge in [0.25, 0.3) is 0 Å². The van der Waals surface area contributed by atoms with Crippen LogP contribution in [0.2, 0.25) is 0 Å². The molecule has 1 fully saturated rings. The van der Waals surface area contributed by atoms with Gasteiger partial charge in [-0.3, -0.25) is 0 Å². The molecule has 0 radical (unpaired) electrons. The Hall–Kier alpha value is -1.02. The van der Waals surface area contributed by atoms with Gasteiger partial charge in [0.2, 0.25) is 0 Å². The number of rotatable bonds is 5. The molecule has 0 spiro atoms. The van der Waals surface area contributed by atoms with Crippen LogP contribution < -0.4 is 10.6 Å². The van der Waals surface area contributed by atoms with Crippen molar-refractivity contribution >= 4 is 5.69 Å². The van der Waals surface area contributed by atoms with Gasteiger partial charge in [-0.2, -0.15) is 0 Å². The molecule has 1 aromatic carbocycles. The van der Waals surface area contributed by atoms with Crippen LogP contribution in [0.5, 0.6) is 0 Å². The van der Waals surface area contributed by atoms with Crippen molar-refractivity contribution in [3.8, 4) is 0 Å². The van der Waals surface area contributed by atoms with Gasteiger partial charge in [-0.15, -0.1) is 0 Å². The zero-order valence-electron chi connectivity index (χ0n) is 11.2. The molecule has 94 valence electrons. The van der Waals surface area contributed by atoms with E-state index < -0.39 is 0 Å². The van der Waals surface area contributed by atoms with Gasteiger partial charge in [0.05, 0.1) is 0 Å². The number of anilines is 1. The van der Waals surface area contributed by atoms with Gasteiger partial charge in [0.15, 0.2) is 0 Å². The summed E-state index contributed by atoms with van der Waals surface area (Å²) in [4.78, 5) is 2.54. The third kappa shape index (κ3) is 2.81. The summed E-state index contributed by atoms with van der Waals surface area (Å²) in [5.41, 5.74) is 9.88. The quantitative estimate of drug-likeness (QED) is 0.845. The van der Waals surface area contributed by atoms with E-state index in [-0.39, 0.29) is 0 Å². The highest BCUT2D eigenvalue weighted by Crippen LogP contribution is 2.34. The molecule has 0 bridgehead atoms. The summed E-state index contributed by atoms with van der Waals surface area (Å²) in [7, 11) is 0. The fraction of sp³-hybridized carbons (Fsp3) is 0.600. The molecule has 2 heteroatoms. The summed E-state index contributed by atoms with van der Waals surface area (Å²) in [6, 6.07) is 7.00. The number of para-hydroxylation sites is 1. The molecule has 0 amide bonds. The Morgan fingerprint density at radius 1 is 1.35 bits per heavy atom. The third-order valence-electron chi connectivity index (χ3n) is 3.60. The van der Waals surface area contributed by atoms with E-state index in [1.165, 1.54) is 36.2 Å². The maximum Gasteiger partial charge on any atom is 0.0443 e. The zero-order valence-corrected chi connectivity index (χ0v) is 11.2. The van der Waals surface area contributed by atoms with Gasteiger partial charge >= 0.3 is 0 Å². The lowest BCUT2D eigenvalue weighted by atomic mass is 10.0. The van der Waals surface area contributed by atoms with E-state index in [9.17, 15) is 0 Å². The zero-order chi connectivity index (χ0) is 12.4. The molecular formula is C15H24N2. The molecule has 1 saturated carbocycles. The first-order valence-electron chi connectivity index (χ1n) is 6.68. The molecule has 1 aliphatic rings. The lowest BCUT2D eigenvalue weighted by molar-refractivity contribution is 0.640. The molecule has 0 saturated heterocycles. The Morgan fingerprint density at radius 3 is 2.59 bits per heavy atom. The van der Waals surface area contributed by atoms with Crippen LogP contribution in [0.3, 0.4) is 0 Å². The molecule has 1 aromatic rings. The molecule has 17 heavy (non-hydrogen) atoms. The second-order valence-electron chi connectivity index (χ2n) is 5.48. The number of benzene rings is 1. The fourth-order valence-electron chi connectivity index (χ4n) is 2.43. The van der Waals surface area contributed by atoms with Crippen LogP contribution >= 0.6 is 0 Å². The normalized spacial score (nSPS) is 15.4.